The molecular formula is C10H8N6O3. The average Bonchev–Trinajstić information content (AvgIpc) is 2.89. The van der Waals surface area contributed by atoms with Crippen LogP contribution in [0, 0.1) is 10.1 Å². The summed E-state index contributed by atoms with van der Waals surface area (Å²) in [5, 5.41) is 25.6. The van der Waals surface area contributed by atoms with Gasteiger partial charge >= 0.3 is 0 Å². The highest BCUT2D eigenvalue weighted by molar-refractivity contribution is 6.01. The number of tetrazole rings is 1. The van der Waals surface area contributed by atoms with Gasteiger partial charge in [0.05, 0.1) is 10.5 Å². The van der Waals surface area contributed by atoms with Crippen molar-refractivity contribution >= 4 is 23.6 Å². The molecule has 0 spiro atoms. The molecule has 9 heteroatoms. The van der Waals surface area contributed by atoms with E-state index in [4.69, 9.17) is 0 Å². The van der Waals surface area contributed by atoms with E-state index in [-0.39, 0.29) is 11.6 Å². The summed E-state index contributed by atoms with van der Waals surface area (Å²) in [5.74, 6) is -0.489. The number of carbonyl (C=O) groups excluding carboxylic acids is 1. The van der Waals surface area contributed by atoms with Crippen LogP contribution < -0.4 is 5.32 Å². The highest BCUT2D eigenvalue weighted by Gasteiger charge is 2.10. The number of hydrogen-bond acceptors (Lipinski definition) is 6. The third-order valence-electron chi connectivity index (χ3n) is 2.13. The fourth-order valence-corrected chi connectivity index (χ4v) is 1.33. The first-order chi connectivity index (χ1) is 9.16. The van der Waals surface area contributed by atoms with Crippen LogP contribution in [0.25, 0.3) is 6.08 Å². The number of rotatable bonds is 4. The molecule has 0 atom stereocenters. The molecular weight excluding hydrogens is 252 g/mol. The van der Waals surface area contributed by atoms with Gasteiger partial charge in [0.15, 0.2) is 0 Å². The Morgan fingerprint density at radius 2 is 2.21 bits per heavy atom. The minimum atomic E-state index is -0.517. The van der Waals surface area contributed by atoms with Crippen LogP contribution in [0.3, 0.4) is 0 Å². The quantitative estimate of drug-likeness (QED) is 0.474. The normalized spacial score (nSPS) is 10.5. The number of hydrogen-bond donors (Lipinski definition) is 2. The van der Waals surface area contributed by atoms with Crippen molar-refractivity contribution in [3.05, 3.63) is 46.0 Å². The first kappa shape index (κ1) is 12.4. The zero-order valence-electron chi connectivity index (χ0n) is 9.48. The van der Waals surface area contributed by atoms with Crippen LogP contribution in [0.4, 0.5) is 11.6 Å². The smallest absolute Gasteiger partial charge is 0.276 e. The van der Waals surface area contributed by atoms with Crippen molar-refractivity contribution in [1.29, 1.82) is 0 Å². The Hall–Kier alpha value is -3.10. The number of anilines is 1. The molecule has 0 fully saturated rings. The predicted molar refractivity (Wildman–Crippen MR) is 64.9 cm³/mol. The van der Waals surface area contributed by atoms with E-state index < -0.39 is 10.8 Å². The summed E-state index contributed by atoms with van der Waals surface area (Å²) < 4.78 is 0. The molecule has 0 radical (unpaired) electrons. The summed E-state index contributed by atoms with van der Waals surface area (Å²) in [6, 6.07) is 6.09. The molecule has 0 saturated heterocycles. The molecule has 0 aliphatic carbocycles. The van der Waals surface area contributed by atoms with E-state index in [1.165, 1.54) is 18.2 Å². The lowest BCUT2D eigenvalue weighted by Gasteiger charge is -1.96. The lowest BCUT2D eigenvalue weighted by Crippen LogP contribution is -2.09. The van der Waals surface area contributed by atoms with Crippen LogP contribution in [-0.2, 0) is 4.79 Å². The fraction of sp³-hybridized carbons (Fsp3) is 0. The van der Waals surface area contributed by atoms with Gasteiger partial charge in [0.2, 0.25) is 0 Å². The number of H-pyrrole nitrogens is 1. The maximum absolute atomic E-state index is 11.5. The van der Waals surface area contributed by atoms with Gasteiger partial charge < -0.3 is 0 Å². The summed E-state index contributed by atoms with van der Waals surface area (Å²) in [6.07, 6.45) is 2.49. The number of nitro benzene ring substituents is 1. The van der Waals surface area contributed by atoms with Gasteiger partial charge in [-0.2, -0.15) is 5.21 Å². The molecule has 1 heterocycles. The van der Waals surface area contributed by atoms with Crippen molar-refractivity contribution in [3.8, 4) is 0 Å². The van der Waals surface area contributed by atoms with Crippen molar-refractivity contribution in [2.75, 3.05) is 5.32 Å². The van der Waals surface area contributed by atoms with Crippen molar-refractivity contribution < 1.29 is 9.72 Å². The standard InChI is InChI=1S/C10H8N6O3/c17-9(11-10-12-14-15-13-10)6-5-7-3-1-2-4-8(7)16(18)19/h1-6H,(H2,11,12,13,14,15,17)/b6-5+. The SMILES string of the molecule is O=C(/C=C/c1ccccc1[N+](=O)[O-])Nc1nn[nH]n1. The molecule has 0 aliphatic rings. The van der Waals surface area contributed by atoms with Crippen molar-refractivity contribution in [2.45, 2.75) is 0 Å². The molecule has 9 nitrogen and oxygen atoms in total. The highest BCUT2D eigenvalue weighted by atomic mass is 16.6. The molecule has 0 bridgehead atoms. The van der Waals surface area contributed by atoms with Crippen molar-refractivity contribution in [2.24, 2.45) is 0 Å². The van der Waals surface area contributed by atoms with Crippen LogP contribution in [0.2, 0.25) is 0 Å². The number of nitro groups is 1. The number of nitrogens with zero attached hydrogens (tertiary/aromatic N) is 4. The maximum atomic E-state index is 11.5. The fourth-order valence-electron chi connectivity index (χ4n) is 1.33. The molecule has 0 saturated carbocycles. The third kappa shape index (κ3) is 3.19. The second-order valence-electron chi connectivity index (χ2n) is 3.37. The zero-order valence-corrected chi connectivity index (χ0v) is 9.48. The van der Waals surface area contributed by atoms with Crippen molar-refractivity contribution in [3.63, 3.8) is 0 Å². The lowest BCUT2D eigenvalue weighted by molar-refractivity contribution is -0.385. The molecule has 1 aromatic heterocycles. The Morgan fingerprint density at radius 3 is 2.89 bits per heavy atom. The molecule has 2 aromatic rings. The number of nitrogens with one attached hydrogen (secondary N) is 2. The average molecular weight is 260 g/mol. The summed E-state index contributed by atoms with van der Waals surface area (Å²) in [4.78, 5) is 21.7. The van der Waals surface area contributed by atoms with Gasteiger partial charge in [-0.15, -0.1) is 5.10 Å². The summed E-state index contributed by atoms with van der Waals surface area (Å²) in [6.45, 7) is 0. The maximum Gasteiger partial charge on any atom is 0.276 e. The molecule has 1 amide bonds. The minimum Gasteiger partial charge on any atom is -0.288 e. The lowest BCUT2D eigenvalue weighted by atomic mass is 10.1. The van der Waals surface area contributed by atoms with Crippen LogP contribution in [0.15, 0.2) is 30.3 Å². The van der Waals surface area contributed by atoms with Gasteiger partial charge in [0, 0.05) is 12.1 Å². The van der Waals surface area contributed by atoms with Gasteiger partial charge in [-0.25, -0.2) is 0 Å². The van der Waals surface area contributed by atoms with Crippen LogP contribution in [-0.4, -0.2) is 31.5 Å². The largest absolute Gasteiger partial charge is 0.288 e. The number of aromatic amines is 1. The second kappa shape index (κ2) is 5.49. The van der Waals surface area contributed by atoms with E-state index >= 15 is 0 Å². The Bertz CT molecular complexity index is 622. The summed E-state index contributed by atoms with van der Waals surface area (Å²) in [5.41, 5.74) is 0.252. The first-order valence-electron chi connectivity index (χ1n) is 5.13. The Balaban J connectivity index is 2.10. The van der Waals surface area contributed by atoms with Crippen LogP contribution >= 0.6 is 0 Å². The minimum absolute atomic E-state index is 0.0252. The predicted octanol–water partition coefficient (Wildman–Crippen LogP) is 0.760. The summed E-state index contributed by atoms with van der Waals surface area (Å²) >= 11 is 0. The van der Waals surface area contributed by atoms with Gasteiger partial charge in [-0.1, -0.05) is 17.2 Å². The summed E-state index contributed by atoms with van der Waals surface area (Å²) in [7, 11) is 0. The number of benzene rings is 1. The van der Waals surface area contributed by atoms with E-state index in [9.17, 15) is 14.9 Å². The number of amides is 1. The monoisotopic (exact) mass is 260 g/mol. The van der Waals surface area contributed by atoms with E-state index in [1.54, 1.807) is 12.1 Å². The molecule has 0 unspecified atom stereocenters. The Morgan fingerprint density at radius 1 is 1.42 bits per heavy atom. The molecule has 0 aliphatic heterocycles. The van der Waals surface area contributed by atoms with Crippen molar-refractivity contribution in [1.82, 2.24) is 20.6 Å². The van der Waals surface area contributed by atoms with Gasteiger partial charge in [0.1, 0.15) is 0 Å². The number of aromatic nitrogens is 4. The van der Waals surface area contributed by atoms with Crippen LogP contribution in [0.1, 0.15) is 5.56 Å². The van der Waals surface area contributed by atoms with E-state index in [2.05, 4.69) is 25.9 Å². The highest BCUT2D eigenvalue weighted by Crippen LogP contribution is 2.18. The topological polar surface area (TPSA) is 127 Å². The van der Waals surface area contributed by atoms with Gasteiger partial charge in [0.25, 0.3) is 17.5 Å². The third-order valence-corrected chi connectivity index (χ3v) is 2.13. The number of carbonyl (C=O) groups is 1. The molecule has 96 valence electrons. The zero-order chi connectivity index (χ0) is 13.7. The van der Waals surface area contributed by atoms with E-state index in [1.807, 2.05) is 0 Å². The first-order valence-corrected chi connectivity index (χ1v) is 5.13. The van der Waals surface area contributed by atoms with E-state index in [0.717, 1.165) is 6.08 Å². The van der Waals surface area contributed by atoms with Gasteiger partial charge in [-0.05, 0) is 17.4 Å². The molecule has 19 heavy (non-hydrogen) atoms. The second-order valence-corrected chi connectivity index (χ2v) is 3.37. The Kier molecular flexibility index (Phi) is 3.57. The molecule has 2 rings (SSSR count). The van der Waals surface area contributed by atoms with Crippen LogP contribution in [0.5, 0.6) is 0 Å². The molecule has 1 aromatic carbocycles. The Labute approximate surface area is 106 Å². The van der Waals surface area contributed by atoms with E-state index in [0.29, 0.717) is 5.56 Å². The molecule has 2 N–H and O–H groups in total. The number of para-hydroxylation sites is 1. The van der Waals surface area contributed by atoms with Gasteiger partial charge in [-0.3, -0.25) is 20.2 Å².